The number of Topliss-reactive ketones (excluding diaryl/α,β-unsaturated/α-hetero) is 1. The molecule has 0 saturated heterocycles. The van der Waals surface area contributed by atoms with Crippen LogP contribution in [0.4, 0.5) is 0 Å². The number of aliphatic hydroxyl groups excluding tert-OH is 1. The van der Waals surface area contributed by atoms with Gasteiger partial charge in [0, 0.05) is 12.3 Å². The van der Waals surface area contributed by atoms with Gasteiger partial charge in [0.05, 0.1) is 6.10 Å². The van der Waals surface area contributed by atoms with Crippen molar-refractivity contribution in [2.45, 2.75) is 51.0 Å². The van der Waals surface area contributed by atoms with E-state index in [0.717, 1.165) is 31.2 Å². The summed E-state index contributed by atoms with van der Waals surface area (Å²) in [6.45, 7) is 2.17. The van der Waals surface area contributed by atoms with Gasteiger partial charge in [-0.05, 0) is 66.2 Å². The second-order valence-corrected chi connectivity index (χ2v) is 7.40. The van der Waals surface area contributed by atoms with Gasteiger partial charge in [0.15, 0.2) is 0 Å². The van der Waals surface area contributed by atoms with Gasteiger partial charge in [-0.15, -0.1) is 0 Å². The van der Waals surface area contributed by atoms with E-state index < -0.39 is 0 Å². The number of fused-ring (bicyclic) bond motifs is 5. The van der Waals surface area contributed by atoms with E-state index in [2.05, 4.69) is 6.92 Å². The summed E-state index contributed by atoms with van der Waals surface area (Å²) >= 11 is 0. The lowest BCUT2D eigenvalue weighted by Gasteiger charge is -2.49. The van der Waals surface area contributed by atoms with Crippen LogP contribution in [0.2, 0.25) is 0 Å². The maximum absolute atomic E-state index is 12.7. The largest absolute Gasteiger partial charge is 0.508 e. The summed E-state index contributed by atoms with van der Waals surface area (Å²) in [5.74, 6) is 1.23. The second-order valence-electron chi connectivity index (χ2n) is 7.40. The highest BCUT2D eigenvalue weighted by atomic mass is 16.3. The Morgan fingerprint density at radius 2 is 2.05 bits per heavy atom. The second kappa shape index (κ2) is 4.33. The Kier molecular flexibility index (Phi) is 2.74. The predicted molar refractivity (Wildman–Crippen MR) is 79.1 cm³/mol. The first-order chi connectivity index (χ1) is 10.0. The molecule has 4 rings (SSSR count). The van der Waals surface area contributed by atoms with Crippen LogP contribution in [0.3, 0.4) is 0 Å². The van der Waals surface area contributed by atoms with E-state index in [1.807, 2.05) is 6.07 Å². The quantitative estimate of drug-likeness (QED) is 0.771. The molecule has 5 atom stereocenters. The van der Waals surface area contributed by atoms with Gasteiger partial charge in [-0.25, -0.2) is 0 Å². The van der Waals surface area contributed by atoms with E-state index in [1.165, 1.54) is 5.56 Å². The minimum Gasteiger partial charge on any atom is -0.508 e. The fourth-order valence-corrected chi connectivity index (χ4v) is 5.32. The van der Waals surface area contributed by atoms with Crippen molar-refractivity contribution in [1.29, 1.82) is 0 Å². The molecule has 0 amide bonds. The Bertz CT molecular complexity index is 608. The number of carbonyl (C=O) groups is 1. The van der Waals surface area contributed by atoms with E-state index in [-0.39, 0.29) is 29.1 Å². The highest BCUT2D eigenvalue weighted by Crippen LogP contribution is 2.60. The third kappa shape index (κ3) is 1.73. The van der Waals surface area contributed by atoms with Crippen LogP contribution in [0.25, 0.3) is 0 Å². The van der Waals surface area contributed by atoms with Crippen LogP contribution in [0.15, 0.2) is 18.2 Å². The van der Waals surface area contributed by atoms with E-state index in [4.69, 9.17) is 0 Å². The third-order valence-corrected chi connectivity index (χ3v) is 6.48. The van der Waals surface area contributed by atoms with Gasteiger partial charge < -0.3 is 10.2 Å². The predicted octanol–water partition coefficient (Wildman–Crippen LogP) is 2.79. The molecule has 2 fully saturated rings. The maximum atomic E-state index is 12.7. The SMILES string of the molecule is C[C@]12CC[C@@H]3c4ccc(O)cc4CC(=O)[C@H]3[C@@H]1CC[C@H]2O. The van der Waals surface area contributed by atoms with Crippen molar-refractivity contribution >= 4 is 5.78 Å². The lowest BCUT2D eigenvalue weighted by molar-refractivity contribution is -0.130. The zero-order chi connectivity index (χ0) is 14.8. The lowest BCUT2D eigenvalue weighted by Crippen LogP contribution is -2.47. The Morgan fingerprint density at radius 1 is 1.24 bits per heavy atom. The molecule has 0 heterocycles. The van der Waals surface area contributed by atoms with Crippen LogP contribution >= 0.6 is 0 Å². The molecule has 1 aromatic rings. The minimum atomic E-state index is -0.252. The first kappa shape index (κ1) is 13.3. The third-order valence-electron chi connectivity index (χ3n) is 6.48. The summed E-state index contributed by atoms with van der Waals surface area (Å²) in [5, 5.41) is 20.0. The zero-order valence-electron chi connectivity index (χ0n) is 12.4. The van der Waals surface area contributed by atoms with Crippen molar-refractivity contribution < 1.29 is 15.0 Å². The smallest absolute Gasteiger partial charge is 0.141 e. The van der Waals surface area contributed by atoms with Crippen molar-refractivity contribution in [1.82, 2.24) is 0 Å². The van der Waals surface area contributed by atoms with Gasteiger partial charge in [-0.2, -0.15) is 0 Å². The molecule has 1 aromatic carbocycles. The normalized spacial score (nSPS) is 41.3. The molecule has 3 aliphatic rings. The molecule has 0 radical (unpaired) electrons. The van der Waals surface area contributed by atoms with Crippen LogP contribution in [-0.4, -0.2) is 22.1 Å². The lowest BCUT2D eigenvalue weighted by atomic mass is 9.55. The number of rotatable bonds is 0. The average molecular weight is 286 g/mol. The van der Waals surface area contributed by atoms with E-state index in [9.17, 15) is 15.0 Å². The number of aliphatic hydroxyl groups is 1. The van der Waals surface area contributed by atoms with Gasteiger partial charge in [0.25, 0.3) is 0 Å². The monoisotopic (exact) mass is 286 g/mol. The molecule has 21 heavy (non-hydrogen) atoms. The first-order valence-electron chi connectivity index (χ1n) is 8.03. The molecule has 2 N–H and O–H groups in total. The molecule has 0 spiro atoms. The fourth-order valence-electron chi connectivity index (χ4n) is 5.32. The average Bonchev–Trinajstić information content (AvgIpc) is 2.74. The van der Waals surface area contributed by atoms with Crippen LogP contribution in [0.5, 0.6) is 5.75 Å². The molecule has 3 nitrogen and oxygen atoms in total. The number of benzene rings is 1. The molecule has 112 valence electrons. The summed E-state index contributed by atoms with van der Waals surface area (Å²) in [6.07, 6.45) is 3.95. The van der Waals surface area contributed by atoms with Crippen molar-refractivity contribution in [2.24, 2.45) is 17.3 Å². The summed E-state index contributed by atoms with van der Waals surface area (Å²) in [5.41, 5.74) is 2.18. The van der Waals surface area contributed by atoms with Crippen molar-refractivity contribution in [3.8, 4) is 5.75 Å². The van der Waals surface area contributed by atoms with Gasteiger partial charge >= 0.3 is 0 Å². The summed E-state index contributed by atoms with van der Waals surface area (Å²) in [4.78, 5) is 12.7. The van der Waals surface area contributed by atoms with E-state index in [0.29, 0.717) is 18.1 Å². The molecule has 0 unspecified atom stereocenters. The number of ketones is 1. The van der Waals surface area contributed by atoms with Gasteiger partial charge in [0.1, 0.15) is 11.5 Å². The van der Waals surface area contributed by atoms with E-state index >= 15 is 0 Å². The van der Waals surface area contributed by atoms with Crippen molar-refractivity contribution in [3.63, 3.8) is 0 Å². The maximum Gasteiger partial charge on any atom is 0.141 e. The van der Waals surface area contributed by atoms with Crippen LogP contribution < -0.4 is 0 Å². The zero-order valence-corrected chi connectivity index (χ0v) is 12.4. The van der Waals surface area contributed by atoms with Crippen LogP contribution in [0.1, 0.15) is 49.7 Å². The van der Waals surface area contributed by atoms with Crippen LogP contribution in [-0.2, 0) is 11.2 Å². The van der Waals surface area contributed by atoms with E-state index in [1.54, 1.807) is 12.1 Å². The van der Waals surface area contributed by atoms with Gasteiger partial charge in [-0.1, -0.05) is 13.0 Å². The first-order valence-corrected chi connectivity index (χ1v) is 8.03. The molecule has 2 saturated carbocycles. The molecular formula is C18H22O3. The number of aromatic hydroxyl groups is 1. The molecule has 0 aromatic heterocycles. The number of hydrogen-bond donors (Lipinski definition) is 2. The highest BCUT2D eigenvalue weighted by Gasteiger charge is 2.56. The Labute approximate surface area is 125 Å². The topological polar surface area (TPSA) is 57.5 Å². The van der Waals surface area contributed by atoms with Crippen molar-refractivity contribution in [3.05, 3.63) is 29.3 Å². The summed E-state index contributed by atoms with van der Waals surface area (Å²) < 4.78 is 0. The Hall–Kier alpha value is -1.35. The molecule has 0 aliphatic heterocycles. The molecule has 3 heteroatoms. The Morgan fingerprint density at radius 3 is 2.86 bits per heavy atom. The number of phenols is 1. The highest BCUT2D eigenvalue weighted by molar-refractivity contribution is 5.87. The number of hydrogen-bond acceptors (Lipinski definition) is 3. The fraction of sp³-hybridized carbons (Fsp3) is 0.611. The minimum absolute atomic E-state index is 0.0675. The van der Waals surface area contributed by atoms with Crippen LogP contribution in [0, 0.1) is 17.3 Å². The van der Waals surface area contributed by atoms with Gasteiger partial charge in [-0.3, -0.25) is 4.79 Å². The molecule has 3 aliphatic carbocycles. The standard InChI is InChI=1S/C18H22O3/c1-18-7-6-13-12-3-2-11(19)8-10(12)9-15(20)17(13)14(18)4-5-16(18)21/h2-3,8,13-14,16-17,19,21H,4-7,9H2,1H3/t13-,14+,16-,17-,18+/m1/s1. The Balaban J connectivity index is 1.78. The summed E-state index contributed by atoms with van der Waals surface area (Å²) in [6, 6.07) is 5.49. The number of phenolic OH excluding ortho intramolecular Hbond substituents is 1. The molecular weight excluding hydrogens is 264 g/mol. The number of carbonyl (C=O) groups excluding carboxylic acids is 1. The molecule has 0 bridgehead atoms. The van der Waals surface area contributed by atoms with Gasteiger partial charge in [0.2, 0.25) is 0 Å². The summed E-state index contributed by atoms with van der Waals surface area (Å²) in [7, 11) is 0. The van der Waals surface area contributed by atoms with Crippen molar-refractivity contribution in [2.75, 3.05) is 0 Å².